The molecule has 0 bridgehead atoms. The van der Waals surface area contributed by atoms with Crippen LogP contribution in [-0.2, 0) is 0 Å². The van der Waals surface area contributed by atoms with E-state index in [4.69, 9.17) is 4.74 Å². The van der Waals surface area contributed by atoms with Crippen LogP contribution in [0.25, 0.3) is 6.08 Å². The van der Waals surface area contributed by atoms with Gasteiger partial charge in [-0.1, -0.05) is 37.6 Å². The van der Waals surface area contributed by atoms with Gasteiger partial charge in [-0.25, -0.2) is 0 Å². The highest BCUT2D eigenvalue weighted by molar-refractivity contribution is 5.64. The van der Waals surface area contributed by atoms with E-state index in [1.807, 2.05) is 13.0 Å². The van der Waals surface area contributed by atoms with E-state index in [-0.39, 0.29) is 5.75 Å². The second kappa shape index (κ2) is 9.34. The number of ether oxygens (including phenoxy) is 2. The summed E-state index contributed by atoms with van der Waals surface area (Å²) in [5, 5.41) is 3.31. The summed E-state index contributed by atoms with van der Waals surface area (Å²) >= 11 is 0. The second-order valence-corrected chi connectivity index (χ2v) is 4.59. The molecule has 5 heteroatoms. The zero-order valence-electron chi connectivity index (χ0n) is 12.8. The molecular weight excluding hydrogens is 276 g/mol. The predicted octanol–water partition coefficient (Wildman–Crippen LogP) is 4.09. The molecule has 0 aromatic heterocycles. The molecule has 0 aliphatic heterocycles. The van der Waals surface area contributed by atoms with Crippen LogP contribution >= 0.6 is 0 Å². The number of methoxy groups -OCH3 is 1. The van der Waals surface area contributed by atoms with E-state index in [9.17, 15) is 8.78 Å². The molecule has 0 fully saturated rings. The summed E-state index contributed by atoms with van der Waals surface area (Å²) in [5.74, 6) is 0.387. The summed E-state index contributed by atoms with van der Waals surface area (Å²) in [6.07, 6.45) is 3.76. The maximum absolute atomic E-state index is 12.6. The monoisotopic (exact) mass is 299 g/mol. The lowest BCUT2D eigenvalue weighted by molar-refractivity contribution is -0.0513. The fraction of sp³-hybridized carbons (Fsp3) is 0.500. The molecule has 1 aromatic carbocycles. The number of hydrogen-bond acceptors (Lipinski definition) is 3. The van der Waals surface area contributed by atoms with Crippen LogP contribution in [0.1, 0.15) is 32.3 Å². The molecule has 0 aliphatic carbocycles. The molecule has 1 aromatic rings. The van der Waals surface area contributed by atoms with Crippen molar-refractivity contribution in [3.05, 3.63) is 29.3 Å². The Labute approximate surface area is 124 Å². The largest absolute Gasteiger partial charge is 0.493 e. The van der Waals surface area contributed by atoms with Crippen LogP contribution in [0.4, 0.5) is 8.78 Å². The van der Waals surface area contributed by atoms with E-state index < -0.39 is 6.61 Å². The van der Waals surface area contributed by atoms with Crippen molar-refractivity contribution in [3.8, 4) is 11.5 Å². The van der Waals surface area contributed by atoms with E-state index in [2.05, 4.69) is 17.0 Å². The number of benzene rings is 1. The van der Waals surface area contributed by atoms with Gasteiger partial charge in [0.15, 0.2) is 11.5 Å². The zero-order valence-corrected chi connectivity index (χ0v) is 12.8. The van der Waals surface area contributed by atoms with Crippen molar-refractivity contribution in [2.75, 3.05) is 20.2 Å². The van der Waals surface area contributed by atoms with E-state index in [0.717, 1.165) is 31.5 Å². The topological polar surface area (TPSA) is 30.5 Å². The zero-order chi connectivity index (χ0) is 15.7. The highest BCUT2D eigenvalue weighted by Gasteiger charge is 2.14. The number of para-hydroxylation sites is 1. The van der Waals surface area contributed by atoms with Crippen molar-refractivity contribution >= 4 is 6.08 Å². The SMILES string of the molecule is CCCNCC(=Cc1cccc(OC)c1OC(F)F)CC. The van der Waals surface area contributed by atoms with Crippen LogP contribution in [0.2, 0.25) is 0 Å². The van der Waals surface area contributed by atoms with Gasteiger partial charge in [0.25, 0.3) is 0 Å². The van der Waals surface area contributed by atoms with Crippen LogP contribution < -0.4 is 14.8 Å². The van der Waals surface area contributed by atoms with Crippen LogP contribution in [-0.4, -0.2) is 26.8 Å². The van der Waals surface area contributed by atoms with Gasteiger partial charge in [-0.05, 0) is 25.5 Å². The molecule has 0 spiro atoms. The average Bonchev–Trinajstić information content (AvgIpc) is 2.47. The standard InChI is InChI=1S/C16H23F2NO2/c1-4-9-19-11-12(5-2)10-13-7-6-8-14(20-3)15(13)21-16(17)18/h6-8,10,16,19H,4-5,9,11H2,1-3H3. The van der Waals surface area contributed by atoms with Crippen molar-refractivity contribution < 1.29 is 18.3 Å². The van der Waals surface area contributed by atoms with Gasteiger partial charge in [0, 0.05) is 12.1 Å². The smallest absolute Gasteiger partial charge is 0.387 e. The van der Waals surface area contributed by atoms with Gasteiger partial charge in [0.05, 0.1) is 7.11 Å². The molecule has 0 saturated carbocycles. The quantitative estimate of drug-likeness (QED) is 0.697. The van der Waals surface area contributed by atoms with Crippen LogP contribution in [0.3, 0.4) is 0 Å². The Kier molecular flexibility index (Phi) is 7.75. The van der Waals surface area contributed by atoms with Gasteiger partial charge in [0.1, 0.15) is 0 Å². The van der Waals surface area contributed by atoms with Gasteiger partial charge < -0.3 is 14.8 Å². The minimum atomic E-state index is -2.88. The summed E-state index contributed by atoms with van der Waals surface area (Å²) in [7, 11) is 1.44. The molecule has 0 heterocycles. The van der Waals surface area contributed by atoms with Gasteiger partial charge in [-0.3, -0.25) is 0 Å². The molecule has 0 aliphatic rings. The maximum atomic E-state index is 12.6. The Hall–Kier alpha value is -1.62. The van der Waals surface area contributed by atoms with Crippen LogP contribution in [0.5, 0.6) is 11.5 Å². The summed E-state index contributed by atoms with van der Waals surface area (Å²) < 4.78 is 34.9. The molecule has 0 amide bonds. The molecule has 0 atom stereocenters. The Balaban J connectivity index is 3.03. The number of halogens is 2. The lowest BCUT2D eigenvalue weighted by Crippen LogP contribution is -2.17. The van der Waals surface area contributed by atoms with E-state index in [0.29, 0.717) is 11.3 Å². The number of nitrogens with one attached hydrogen (secondary N) is 1. The van der Waals surface area contributed by atoms with E-state index in [1.165, 1.54) is 7.11 Å². The lowest BCUT2D eigenvalue weighted by atomic mass is 10.1. The molecule has 1 N–H and O–H groups in total. The Morgan fingerprint density at radius 2 is 2.10 bits per heavy atom. The van der Waals surface area contributed by atoms with E-state index in [1.54, 1.807) is 18.2 Å². The van der Waals surface area contributed by atoms with Crippen molar-refractivity contribution in [2.45, 2.75) is 33.3 Å². The van der Waals surface area contributed by atoms with E-state index >= 15 is 0 Å². The normalized spacial score (nSPS) is 11.8. The highest BCUT2D eigenvalue weighted by Crippen LogP contribution is 2.34. The number of alkyl halides is 2. The summed E-state index contributed by atoms with van der Waals surface area (Å²) in [5.41, 5.74) is 1.72. The van der Waals surface area contributed by atoms with Gasteiger partial charge in [-0.2, -0.15) is 8.78 Å². The highest BCUT2D eigenvalue weighted by atomic mass is 19.3. The molecule has 0 unspecified atom stereocenters. The number of hydrogen-bond donors (Lipinski definition) is 1. The molecule has 0 saturated heterocycles. The molecule has 21 heavy (non-hydrogen) atoms. The fourth-order valence-corrected chi connectivity index (χ4v) is 1.95. The second-order valence-electron chi connectivity index (χ2n) is 4.59. The Morgan fingerprint density at radius 3 is 2.67 bits per heavy atom. The van der Waals surface area contributed by atoms with Gasteiger partial charge in [-0.15, -0.1) is 0 Å². The maximum Gasteiger partial charge on any atom is 0.387 e. The van der Waals surface area contributed by atoms with Crippen molar-refractivity contribution in [1.82, 2.24) is 5.32 Å². The third-order valence-corrected chi connectivity index (χ3v) is 3.03. The third kappa shape index (κ3) is 5.71. The Bertz CT molecular complexity index is 462. The van der Waals surface area contributed by atoms with Gasteiger partial charge >= 0.3 is 6.61 Å². The van der Waals surface area contributed by atoms with Crippen molar-refractivity contribution in [2.24, 2.45) is 0 Å². The summed E-state index contributed by atoms with van der Waals surface area (Å²) in [4.78, 5) is 0. The molecule has 1 rings (SSSR count). The molecule has 3 nitrogen and oxygen atoms in total. The molecular formula is C16H23F2NO2. The van der Waals surface area contributed by atoms with Gasteiger partial charge in [0.2, 0.25) is 0 Å². The molecule has 0 radical (unpaired) electrons. The lowest BCUT2D eigenvalue weighted by Gasteiger charge is -2.14. The first-order valence-corrected chi connectivity index (χ1v) is 7.14. The first kappa shape index (κ1) is 17.4. The summed E-state index contributed by atoms with van der Waals surface area (Å²) in [6, 6.07) is 5.11. The Morgan fingerprint density at radius 1 is 1.33 bits per heavy atom. The number of rotatable bonds is 9. The van der Waals surface area contributed by atoms with Crippen molar-refractivity contribution in [3.63, 3.8) is 0 Å². The first-order chi connectivity index (χ1) is 10.1. The minimum absolute atomic E-state index is 0.0800. The minimum Gasteiger partial charge on any atom is -0.493 e. The average molecular weight is 299 g/mol. The third-order valence-electron chi connectivity index (χ3n) is 3.03. The van der Waals surface area contributed by atoms with Crippen molar-refractivity contribution in [1.29, 1.82) is 0 Å². The van der Waals surface area contributed by atoms with Crippen LogP contribution in [0, 0.1) is 0 Å². The van der Waals surface area contributed by atoms with Crippen LogP contribution in [0.15, 0.2) is 23.8 Å². The predicted molar refractivity (Wildman–Crippen MR) is 81.1 cm³/mol. The first-order valence-electron chi connectivity index (χ1n) is 7.14. The molecule has 118 valence electrons. The summed E-state index contributed by atoms with van der Waals surface area (Å²) in [6.45, 7) is 2.91. The fourth-order valence-electron chi connectivity index (χ4n) is 1.95.